The summed E-state index contributed by atoms with van der Waals surface area (Å²) in [5.74, 6) is -0.126. The fourth-order valence-corrected chi connectivity index (χ4v) is 3.43. The Morgan fingerprint density at radius 2 is 2.14 bits per heavy atom. The molecule has 2 N–H and O–H groups in total. The lowest BCUT2D eigenvalue weighted by atomic mass is 10.1. The first-order valence-corrected chi connectivity index (χ1v) is 9.10. The minimum absolute atomic E-state index is 0.0514. The summed E-state index contributed by atoms with van der Waals surface area (Å²) in [4.78, 5) is 17.6. The van der Waals surface area contributed by atoms with Gasteiger partial charge in [-0.05, 0) is 18.2 Å². The molecule has 0 aliphatic heterocycles. The normalized spacial score (nSPS) is 11.4. The predicted molar refractivity (Wildman–Crippen MR) is 86.7 cm³/mol. The summed E-state index contributed by atoms with van der Waals surface area (Å²) in [6.07, 6.45) is 0.304. The van der Waals surface area contributed by atoms with Gasteiger partial charge in [-0.25, -0.2) is 18.5 Å². The van der Waals surface area contributed by atoms with Gasteiger partial charge in [-0.15, -0.1) is 11.3 Å². The molecule has 2 aromatic rings. The van der Waals surface area contributed by atoms with E-state index >= 15 is 0 Å². The van der Waals surface area contributed by atoms with Gasteiger partial charge < -0.3 is 4.90 Å². The lowest BCUT2D eigenvalue weighted by molar-refractivity contribution is 0.0988. The van der Waals surface area contributed by atoms with E-state index in [4.69, 9.17) is 5.14 Å². The maximum absolute atomic E-state index is 11.8. The number of nitrogens with two attached hydrogens (primary N) is 1. The molecule has 8 heteroatoms. The molecule has 22 heavy (non-hydrogen) atoms. The molecule has 0 bridgehead atoms. The second kappa shape index (κ2) is 6.55. The molecule has 0 saturated carbocycles. The van der Waals surface area contributed by atoms with Crippen LogP contribution in [0.4, 0.5) is 5.69 Å². The van der Waals surface area contributed by atoms with E-state index in [0.29, 0.717) is 24.2 Å². The van der Waals surface area contributed by atoms with Crippen LogP contribution in [0.1, 0.15) is 29.4 Å². The molecule has 0 spiro atoms. The Bertz CT molecular complexity index is 771. The fraction of sp³-hybridized carbons (Fsp3) is 0.286. The molecule has 118 valence electrons. The molecule has 1 aromatic heterocycles. The number of aromatic nitrogens is 1. The number of thiazole rings is 1. The number of primary sulfonamides is 1. The van der Waals surface area contributed by atoms with Crippen molar-refractivity contribution < 1.29 is 13.2 Å². The van der Waals surface area contributed by atoms with Gasteiger partial charge in [0.2, 0.25) is 10.0 Å². The number of nitrogens with zero attached hydrogens (tertiary/aromatic N) is 2. The third kappa shape index (κ3) is 3.70. The highest BCUT2D eigenvalue weighted by atomic mass is 32.2. The molecule has 0 radical (unpaired) electrons. The number of rotatable bonds is 6. The van der Waals surface area contributed by atoms with Gasteiger partial charge in [0.1, 0.15) is 4.90 Å². The highest BCUT2D eigenvalue weighted by Crippen LogP contribution is 2.26. The maximum atomic E-state index is 11.8. The van der Waals surface area contributed by atoms with Gasteiger partial charge in [0.05, 0.1) is 23.4 Å². The molecule has 0 amide bonds. The fourth-order valence-electron chi connectivity index (χ4n) is 2.08. The van der Waals surface area contributed by atoms with Crippen LogP contribution in [-0.2, 0) is 16.6 Å². The number of anilines is 1. The van der Waals surface area contributed by atoms with Gasteiger partial charge in [-0.1, -0.05) is 6.92 Å². The van der Waals surface area contributed by atoms with Crippen molar-refractivity contribution in [3.8, 4) is 0 Å². The molecule has 0 atom stereocenters. The van der Waals surface area contributed by atoms with Crippen molar-refractivity contribution in [2.24, 2.45) is 5.14 Å². The van der Waals surface area contributed by atoms with E-state index < -0.39 is 10.0 Å². The lowest BCUT2D eigenvalue weighted by Crippen LogP contribution is -2.22. The summed E-state index contributed by atoms with van der Waals surface area (Å²) in [6, 6.07) is 4.57. The Morgan fingerprint density at radius 3 is 2.68 bits per heavy atom. The number of carbonyl (C=O) groups excluding carboxylic acids is 1. The van der Waals surface area contributed by atoms with Gasteiger partial charge in [-0.2, -0.15) is 0 Å². The quantitative estimate of drug-likeness (QED) is 0.813. The number of hydrogen-bond donors (Lipinski definition) is 1. The van der Waals surface area contributed by atoms with E-state index in [9.17, 15) is 13.2 Å². The monoisotopic (exact) mass is 339 g/mol. The number of Topliss-reactive ketones (excluding diaryl/α,β-unsaturated/α-hetero) is 1. The standard InChI is InChI=1S/C14H17N3O3S2/c1-3-13(18)10-4-5-12(14(6-10)22(15,19)20)17(2)7-11-8-21-9-16-11/h4-6,8-9H,3,7H2,1-2H3,(H2,15,19,20). The zero-order valence-corrected chi connectivity index (χ0v) is 13.9. The Kier molecular flexibility index (Phi) is 4.94. The van der Waals surface area contributed by atoms with Gasteiger partial charge in [0.25, 0.3) is 0 Å². The number of carbonyl (C=O) groups is 1. The van der Waals surface area contributed by atoms with Crippen LogP contribution in [0.15, 0.2) is 34.0 Å². The third-order valence-electron chi connectivity index (χ3n) is 3.20. The number of sulfonamides is 1. The first-order valence-electron chi connectivity index (χ1n) is 6.61. The van der Waals surface area contributed by atoms with Crippen LogP contribution in [0.2, 0.25) is 0 Å². The second-order valence-corrected chi connectivity index (χ2v) is 7.09. The summed E-state index contributed by atoms with van der Waals surface area (Å²) in [5, 5.41) is 7.19. The van der Waals surface area contributed by atoms with Crippen LogP contribution in [0, 0.1) is 0 Å². The van der Waals surface area contributed by atoms with Crippen LogP contribution in [0.25, 0.3) is 0 Å². The summed E-state index contributed by atoms with van der Waals surface area (Å²) in [5.41, 5.74) is 3.34. The van der Waals surface area contributed by atoms with Crippen LogP contribution in [0.3, 0.4) is 0 Å². The first-order chi connectivity index (χ1) is 10.3. The highest BCUT2D eigenvalue weighted by Gasteiger charge is 2.19. The van der Waals surface area contributed by atoms with Crippen molar-refractivity contribution in [1.82, 2.24) is 4.98 Å². The Morgan fingerprint density at radius 1 is 1.41 bits per heavy atom. The Balaban J connectivity index is 2.44. The molecule has 0 aliphatic carbocycles. The van der Waals surface area contributed by atoms with E-state index in [1.165, 1.54) is 17.4 Å². The van der Waals surface area contributed by atoms with Crippen LogP contribution in [-0.4, -0.2) is 26.2 Å². The molecule has 1 aromatic carbocycles. The summed E-state index contributed by atoms with van der Waals surface area (Å²) < 4.78 is 23.7. The van der Waals surface area contributed by atoms with E-state index in [0.717, 1.165) is 5.69 Å². The zero-order chi connectivity index (χ0) is 16.3. The van der Waals surface area contributed by atoms with Gasteiger partial charge in [0, 0.05) is 24.4 Å². The molecule has 2 rings (SSSR count). The molecule has 0 saturated heterocycles. The zero-order valence-electron chi connectivity index (χ0n) is 12.3. The first kappa shape index (κ1) is 16.6. The minimum atomic E-state index is -3.93. The van der Waals surface area contributed by atoms with Crippen LogP contribution < -0.4 is 10.0 Å². The van der Waals surface area contributed by atoms with Crippen molar-refractivity contribution >= 4 is 32.8 Å². The Hall–Kier alpha value is -1.77. The van der Waals surface area contributed by atoms with E-state index in [2.05, 4.69) is 4.98 Å². The van der Waals surface area contributed by atoms with Crippen LogP contribution in [0.5, 0.6) is 0 Å². The molecule has 0 unspecified atom stereocenters. The van der Waals surface area contributed by atoms with E-state index in [1.54, 1.807) is 36.5 Å². The maximum Gasteiger partial charge on any atom is 0.240 e. The van der Waals surface area contributed by atoms with E-state index in [1.807, 2.05) is 5.38 Å². The highest BCUT2D eigenvalue weighted by molar-refractivity contribution is 7.89. The SMILES string of the molecule is CCC(=O)c1ccc(N(C)Cc2cscn2)c(S(N)(=O)=O)c1. The lowest BCUT2D eigenvalue weighted by Gasteiger charge is -2.21. The molecular weight excluding hydrogens is 322 g/mol. The number of ketones is 1. The Labute approximate surface area is 133 Å². The van der Waals surface area contributed by atoms with Crippen molar-refractivity contribution in [3.63, 3.8) is 0 Å². The smallest absolute Gasteiger partial charge is 0.240 e. The number of benzene rings is 1. The topological polar surface area (TPSA) is 93.4 Å². The molecule has 0 fully saturated rings. The predicted octanol–water partition coefficient (Wildman–Crippen LogP) is 2.02. The van der Waals surface area contributed by atoms with Gasteiger partial charge in [0.15, 0.2) is 5.78 Å². The summed E-state index contributed by atoms with van der Waals surface area (Å²) in [7, 11) is -2.18. The number of hydrogen-bond acceptors (Lipinski definition) is 6. The van der Waals surface area contributed by atoms with E-state index in [-0.39, 0.29) is 10.7 Å². The van der Waals surface area contributed by atoms with Crippen molar-refractivity contribution in [2.75, 3.05) is 11.9 Å². The average Bonchev–Trinajstić information content (AvgIpc) is 2.97. The van der Waals surface area contributed by atoms with Crippen molar-refractivity contribution in [3.05, 3.63) is 40.3 Å². The second-order valence-electron chi connectivity index (χ2n) is 4.84. The minimum Gasteiger partial charge on any atom is -0.368 e. The van der Waals surface area contributed by atoms with Gasteiger partial charge >= 0.3 is 0 Å². The molecule has 6 nitrogen and oxygen atoms in total. The average molecular weight is 339 g/mol. The van der Waals surface area contributed by atoms with Crippen molar-refractivity contribution in [1.29, 1.82) is 0 Å². The summed E-state index contributed by atoms with van der Waals surface area (Å²) in [6.45, 7) is 2.17. The molecule has 0 aliphatic rings. The largest absolute Gasteiger partial charge is 0.368 e. The summed E-state index contributed by atoms with van der Waals surface area (Å²) >= 11 is 1.47. The van der Waals surface area contributed by atoms with Crippen molar-refractivity contribution in [2.45, 2.75) is 24.8 Å². The van der Waals surface area contributed by atoms with Gasteiger partial charge in [-0.3, -0.25) is 4.79 Å². The molecular formula is C14H17N3O3S2. The van der Waals surface area contributed by atoms with Crippen LogP contribution >= 0.6 is 11.3 Å². The third-order valence-corrected chi connectivity index (χ3v) is 4.78. The molecule has 1 heterocycles.